The maximum atomic E-state index is 12.5. The predicted octanol–water partition coefficient (Wildman–Crippen LogP) is 5.97. The number of Topliss-reactive ketones (excluding diaryl/α,β-unsaturated/α-hetero) is 1. The number of nitrogens with zero attached hydrogens (tertiary/aromatic N) is 2. The summed E-state index contributed by atoms with van der Waals surface area (Å²) in [4.78, 5) is 37.2. The van der Waals surface area contributed by atoms with Crippen molar-refractivity contribution in [2.75, 3.05) is 6.61 Å². The molecule has 5 aromatic rings. The summed E-state index contributed by atoms with van der Waals surface area (Å²) < 4.78 is 16.3. The number of aromatic nitrogens is 2. The van der Waals surface area contributed by atoms with E-state index in [4.69, 9.17) is 13.9 Å². The number of rotatable bonds is 8. The van der Waals surface area contributed by atoms with Gasteiger partial charge in [-0.1, -0.05) is 35.9 Å². The molecule has 4 aromatic carbocycles. The lowest BCUT2D eigenvalue weighted by Gasteiger charge is -2.07. The average Bonchev–Trinajstić information content (AvgIpc) is 3.47. The lowest BCUT2D eigenvalue weighted by atomic mass is 10.1. The Kier molecular flexibility index (Phi) is 7.36. The summed E-state index contributed by atoms with van der Waals surface area (Å²) in [5, 5.41) is 8.13. The molecule has 0 fully saturated rings. The van der Waals surface area contributed by atoms with E-state index >= 15 is 0 Å². The molecule has 39 heavy (non-hydrogen) atoms. The second kappa shape index (κ2) is 11.4. The second-order valence-electron chi connectivity index (χ2n) is 8.63. The zero-order chi connectivity index (χ0) is 27.2. The Labute approximate surface area is 223 Å². The van der Waals surface area contributed by atoms with Crippen molar-refractivity contribution in [1.82, 2.24) is 10.2 Å². The van der Waals surface area contributed by atoms with Crippen LogP contribution in [-0.4, -0.2) is 34.5 Å². The highest BCUT2D eigenvalue weighted by Crippen LogP contribution is 2.24. The van der Waals surface area contributed by atoms with Crippen molar-refractivity contribution in [3.05, 3.63) is 125 Å². The Hall–Kier alpha value is -5.37. The summed E-state index contributed by atoms with van der Waals surface area (Å²) in [5.74, 6) is -0.525. The molecule has 0 saturated carbocycles. The van der Waals surface area contributed by atoms with Gasteiger partial charge in [-0.05, 0) is 79.7 Å². The number of ketones is 1. The zero-order valence-corrected chi connectivity index (χ0v) is 20.9. The molecule has 192 valence electrons. The molecule has 0 atom stereocenters. The van der Waals surface area contributed by atoms with Crippen molar-refractivity contribution in [3.63, 3.8) is 0 Å². The molecule has 0 aliphatic heterocycles. The highest BCUT2D eigenvalue weighted by Gasteiger charge is 2.15. The molecule has 5 rings (SSSR count). The molecule has 0 N–H and O–H groups in total. The van der Waals surface area contributed by atoms with Crippen molar-refractivity contribution in [3.8, 4) is 28.7 Å². The van der Waals surface area contributed by atoms with Gasteiger partial charge in [0.1, 0.15) is 5.75 Å². The van der Waals surface area contributed by atoms with Crippen LogP contribution >= 0.6 is 0 Å². The molecule has 0 saturated heterocycles. The Morgan fingerprint density at radius 3 is 1.82 bits per heavy atom. The third kappa shape index (κ3) is 6.14. The van der Waals surface area contributed by atoms with Gasteiger partial charge in [-0.3, -0.25) is 4.79 Å². The quantitative estimate of drug-likeness (QED) is 0.140. The molecular formula is C31H22N2O6. The van der Waals surface area contributed by atoms with Gasteiger partial charge in [-0.25, -0.2) is 9.59 Å². The number of hydrogen-bond donors (Lipinski definition) is 0. The van der Waals surface area contributed by atoms with Gasteiger partial charge in [0, 0.05) is 16.7 Å². The maximum Gasteiger partial charge on any atom is 0.343 e. The van der Waals surface area contributed by atoms with Crippen molar-refractivity contribution in [1.29, 1.82) is 0 Å². The molecule has 0 amide bonds. The third-order valence-electron chi connectivity index (χ3n) is 5.82. The first-order valence-corrected chi connectivity index (χ1v) is 12.0. The highest BCUT2D eigenvalue weighted by atomic mass is 16.5. The first kappa shape index (κ1) is 25.3. The van der Waals surface area contributed by atoms with Crippen LogP contribution in [0, 0.1) is 6.92 Å². The highest BCUT2D eigenvalue weighted by molar-refractivity contribution is 5.99. The Bertz CT molecular complexity index is 1610. The van der Waals surface area contributed by atoms with Crippen LogP contribution in [0.25, 0.3) is 22.9 Å². The molecule has 0 aliphatic carbocycles. The minimum absolute atomic E-state index is 0.271. The third-order valence-corrected chi connectivity index (χ3v) is 5.82. The fourth-order valence-corrected chi connectivity index (χ4v) is 3.65. The van der Waals surface area contributed by atoms with Crippen LogP contribution < -0.4 is 4.74 Å². The van der Waals surface area contributed by atoms with Crippen molar-refractivity contribution >= 4 is 17.7 Å². The van der Waals surface area contributed by atoms with E-state index in [1.165, 1.54) is 24.3 Å². The van der Waals surface area contributed by atoms with Crippen molar-refractivity contribution < 1.29 is 28.3 Å². The molecule has 1 heterocycles. The standard InChI is InChI=1S/C31H22N2O6/c1-20-7-9-25(10-8-20)31(36)38-26-17-15-21(16-18-26)27(34)19-37-30(35)24-13-11-23(12-14-24)29-33-32-28(39-29)22-5-3-2-4-6-22/h2-18H,19H2,1H3. The minimum atomic E-state index is -0.644. The summed E-state index contributed by atoms with van der Waals surface area (Å²) in [6, 6.07) is 28.9. The van der Waals surface area contributed by atoms with E-state index in [1.807, 2.05) is 49.4 Å². The van der Waals surface area contributed by atoms with Gasteiger partial charge in [0.2, 0.25) is 11.8 Å². The molecular weight excluding hydrogens is 496 g/mol. The van der Waals surface area contributed by atoms with Gasteiger partial charge in [-0.2, -0.15) is 0 Å². The van der Waals surface area contributed by atoms with Gasteiger partial charge >= 0.3 is 11.9 Å². The second-order valence-corrected chi connectivity index (χ2v) is 8.63. The van der Waals surface area contributed by atoms with Gasteiger partial charge < -0.3 is 13.9 Å². The van der Waals surface area contributed by atoms with E-state index in [9.17, 15) is 14.4 Å². The van der Waals surface area contributed by atoms with Crippen LogP contribution in [-0.2, 0) is 4.74 Å². The molecule has 0 radical (unpaired) electrons. The largest absolute Gasteiger partial charge is 0.454 e. The molecule has 0 bridgehead atoms. The fourth-order valence-electron chi connectivity index (χ4n) is 3.65. The van der Waals surface area contributed by atoms with Crippen LogP contribution in [0.4, 0.5) is 0 Å². The molecule has 8 heteroatoms. The summed E-state index contributed by atoms with van der Waals surface area (Å²) in [6.45, 7) is 1.49. The van der Waals surface area contributed by atoms with Gasteiger partial charge in [0.05, 0.1) is 11.1 Å². The van der Waals surface area contributed by atoms with Crippen molar-refractivity contribution in [2.45, 2.75) is 6.92 Å². The van der Waals surface area contributed by atoms with E-state index < -0.39 is 24.3 Å². The number of ether oxygens (including phenoxy) is 2. The zero-order valence-electron chi connectivity index (χ0n) is 20.9. The van der Waals surface area contributed by atoms with Gasteiger partial charge in [-0.15, -0.1) is 10.2 Å². The topological polar surface area (TPSA) is 109 Å². The maximum absolute atomic E-state index is 12.5. The number of carbonyl (C=O) groups is 3. The van der Waals surface area contributed by atoms with Crippen LogP contribution in [0.1, 0.15) is 36.6 Å². The summed E-state index contributed by atoms with van der Waals surface area (Å²) >= 11 is 0. The summed E-state index contributed by atoms with van der Waals surface area (Å²) in [6.07, 6.45) is 0. The average molecular weight is 519 g/mol. The number of aryl methyl sites for hydroxylation is 1. The summed E-state index contributed by atoms with van der Waals surface area (Å²) in [5.41, 5.74) is 3.49. The predicted molar refractivity (Wildman–Crippen MR) is 142 cm³/mol. The fraction of sp³-hybridized carbons (Fsp3) is 0.0645. The lowest BCUT2D eigenvalue weighted by molar-refractivity contribution is 0.0474. The van der Waals surface area contributed by atoms with Gasteiger partial charge in [0.25, 0.3) is 0 Å². The number of benzene rings is 4. The molecule has 0 spiro atoms. The van der Waals surface area contributed by atoms with E-state index in [0.29, 0.717) is 34.2 Å². The molecule has 1 aromatic heterocycles. The lowest BCUT2D eigenvalue weighted by Crippen LogP contribution is -2.14. The van der Waals surface area contributed by atoms with Crippen LogP contribution in [0.5, 0.6) is 5.75 Å². The minimum Gasteiger partial charge on any atom is -0.454 e. The number of esters is 2. The van der Waals surface area contributed by atoms with E-state index in [2.05, 4.69) is 10.2 Å². The molecule has 8 nitrogen and oxygen atoms in total. The van der Waals surface area contributed by atoms with Crippen LogP contribution in [0.15, 0.2) is 108 Å². The van der Waals surface area contributed by atoms with Crippen molar-refractivity contribution in [2.24, 2.45) is 0 Å². The first-order valence-electron chi connectivity index (χ1n) is 12.0. The van der Waals surface area contributed by atoms with E-state index in [0.717, 1.165) is 11.1 Å². The Balaban J connectivity index is 1.14. The number of hydrogen-bond acceptors (Lipinski definition) is 8. The van der Waals surface area contributed by atoms with Crippen LogP contribution in [0.2, 0.25) is 0 Å². The van der Waals surface area contributed by atoms with Crippen LogP contribution in [0.3, 0.4) is 0 Å². The smallest absolute Gasteiger partial charge is 0.343 e. The van der Waals surface area contributed by atoms with E-state index in [-0.39, 0.29) is 5.56 Å². The Morgan fingerprint density at radius 1 is 0.641 bits per heavy atom. The molecule has 0 aliphatic rings. The number of carbonyl (C=O) groups excluding carboxylic acids is 3. The Morgan fingerprint density at radius 2 is 1.18 bits per heavy atom. The summed E-state index contributed by atoms with van der Waals surface area (Å²) in [7, 11) is 0. The van der Waals surface area contributed by atoms with Gasteiger partial charge in [0.15, 0.2) is 12.4 Å². The monoisotopic (exact) mass is 518 g/mol. The molecule has 0 unspecified atom stereocenters. The normalized spacial score (nSPS) is 10.6. The van der Waals surface area contributed by atoms with E-state index in [1.54, 1.807) is 36.4 Å². The first-order chi connectivity index (χ1) is 19.0. The SMILES string of the molecule is Cc1ccc(C(=O)Oc2ccc(C(=O)COC(=O)c3ccc(-c4nnc(-c5ccccc5)o4)cc3)cc2)cc1.